The Morgan fingerprint density at radius 3 is 2.64 bits per heavy atom. The minimum absolute atomic E-state index is 0.251. The van der Waals surface area contributed by atoms with Crippen molar-refractivity contribution in [3.63, 3.8) is 0 Å². The Morgan fingerprint density at radius 2 is 1.94 bits per heavy atom. The van der Waals surface area contributed by atoms with Crippen molar-refractivity contribution in [2.24, 2.45) is 0 Å². The van der Waals surface area contributed by atoms with E-state index in [1.165, 1.54) is 18.4 Å². The first-order chi connectivity index (χ1) is 17.5. The number of halogens is 1. The van der Waals surface area contributed by atoms with Gasteiger partial charge >= 0.3 is 11.9 Å². The van der Waals surface area contributed by atoms with Crippen molar-refractivity contribution in [2.45, 2.75) is 25.8 Å². The lowest BCUT2D eigenvalue weighted by Crippen LogP contribution is -2.39. The second kappa shape index (κ2) is 12.2. The number of hydrogen-bond acceptors (Lipinski definition) is 10. The standard InChI is InChI=1S/C25H27BrN4O5S/c1-3-34-19(31)15-35-21-20(26)22(36-23(21)24(32)33-2)16-6-4-7-18(14-16)29-17-8-12-30(13-9-17)25-27-10-5-11-28-25/h4-7,10-11,14,17,29H,3,8-9,12-13,15H2,1-2H3. The number of aromatic nitrogens is 2. The van der Waals surface area contributed by atoms with E-state index in [4.69, 9.17) is 14.2 Å². The molecule has 0 unspecified atom stereocenters. The van der Waals surface area contributed by atoms with Crippen LogP contribution in [0.3, 0.4) is 0 Å². The molecule has 0 saturated carbocycles. The molecule has 0 bridgehead atoms. The van der Waals surface area contributed by atoms with Gasteiger partial charge in [-0.2, -0.15) is 0 Å². The number of ether oxygens (including phenoxy) is 3. The fourth-order valence-corrected chi connectivity index (χ4v) is 5.90. The highest BCUT2D eigenvalue weighted by Gasteiger charge is 2.26. The summed E-state index contributed by atoms with van der Waals surface area (Å²) in [4.78, 5) is 36.2. The van der Waals surface area contributed by atoms with Gasteiger partial charge < -0.3 is 24.4 Å². The van der Waals surface area contributed by atoms with E-state index in [0.717, 1.165) is 48.0 Å². The summed E-state index contributed by atoms with van der Waals surface area (Å²) in [5.41, 5.74) is 1.89. The average Bonchev–Trinajstić information content (AvgIpc) is 3.24. The molecule has 0 aliphatic carbocycles. The van der Waals surface area contributed by atoms with Gasteiger partial charge in [-0.05, 0) is 59.5 Å². The van der Waals surface area contributed by atoms with Gasteiger partial charge in [0.05, 0.1) is 23.1 Å². The molecule has 3 aromatic rings. The molecule has 9 nitrogen and oxygen atoms in total. The summed E-state index contributed by atoms with van der Waals surface area (Å²) in [5, 5.41) is 3.63. The largest absolute Gasteiger partial charge is 0.479 e. The zero-order chi connectivity index (χ0) is 25.5. The smallest absolute Gasteiger partial charge is 0.351 e. The van der Waals surface area contributed by atoms with Gasteiger partial charge in [-0.3, -0.25) is 0 Å². The number of rotatable bonds is 9. The molecule has 0 atom stereocenters. The second-order valence-corrected chi connectivity index (χ2v) is 9.84. The Bertz CT molecular complexity index is 1200. The third kappa shape index (κ3) is 6.14. The molecule has 190 valence electrons. The van der Waals surface area contributed by atoms with Crippen LogP contribution >= 0.6 is 27.3 Å². The van der Waals surface area contributed by atoms with E-state index in [0.29, 0.717) is 10.5 Å². The summed E-state index contributed by atoms with van der Waals surface area (Å²) in [5.74, 6) is -0.00932. The van der Waals surface area contributed by atoms with Crippen LogP contribution in [0.25, 0.3) is 10.4 Å². The fraction of sp³-hybridized carbons (Fsp3) is 0.360. The number of benzene rings is 1. The summed E-state index contributed by atoms with van der Waals surface area (Å²) >= 11 is 4.81. The third-order valence-electron chi connectivity index (χ3n) is 5.65. The number of methoxy groups -OCH3 is 1. The van der Waals surface area contributed by atoms with Crippen molar-refractivity contribution in [3.8, 4) is 16.2 Å². The molecule has 1 fully saturated rings. The number of nitrogens with zero attached hydrogens (tertiary/aromatic N) is 3. The van der Waals surface area contributed by atoms with Gasteiger partial charge in [0.2, 0.25) is 5.95 Å². The summed E-state index contributed by atoms with van der Waals surface area (Å²) in [6, 6.07) is 10.1. The van der Waals surface area contributed by atoms with Gasteiger partial charge in [-0.1, -0.05) is 12.1 Å². The van der Waals surface area contributed by atoms with E-state index in [9.17, 15) is 9.59 Å². The lowest BCUT2D eigenvalue weighted by Gasteiger charge is -2.32. The van der Waals surface area contributed by atoms with E-state index in [2.05, 4.69) is 36.1 Å². The van der Waals surface area contributed by atoms with Gasteiger partial charge in [0, 0.05) is 37.2 Å². The molecule has 1 saturated heterocycles. The summed E-state index contributed by atoms with van der Waals surface area (Å²) in [7, 11) is 1.31. The highest BCUT2D eigenvalue weighted by atomic mass is 79.9. The van der Waals surface area contributed by atoms with Crippen LogP contribution in [-0.2, 0) is 14.3 Å². The molecule has 11 heteroatoms. The number of carbonyl (C=O) groups excluding carboxylic acids is 2. The first-order valence-corrected chi connectivity index (χ1v) is 13.2. The Hall–Kier alpha value is -3.18. The molecule has 0 radical (unpaired) electrons. The van der Waals surface area contributed by atoms with Crippen LogP contribution in [0.5, 0.6) is 5.75 Å². The van der Waals surface area contributed by atoms with E-state index in [-0.39, 0.29) is 23.8 Å². The molecule has 0 spiro atoms. The molecular weight excluding hydrogens is 548 g/mol. The van der Waals surface area contributed by atoms with Crippen LogP contribution in [0, 0.1) is 0 Å². The zero-order valence-corrected chi connectivity index (χ0v) is 22.4. The number of thiophene rings is 1. The summed E-state index contributed by atoms with van der Waals surface area (Å²) in [6.07, 6.45) is 5.45. The number of hydrogen-bond donors (Lipinski definition) is 1. The van der Waals surface area contributed by atoms with Gasteiger partial charge in [-0.25, -0.2) is 19.6 Å². The van der Waals surface area contributed by atoms with E-state index >= 15 is 0 Å². The predicted octanol–water partition coefficient (Wildman–Crippen LogP) is 4.78. The number of piperidine rings is 1. The Labute approximate surface area is 221 Å². The number of anilines is 2. The van der Waals surface area contributed by atoms with E-state index in [1.807, 2.05) is 30.3 Å². The van der Waals surface area contributed by atoms with Crippen LogP contribution in [0.15, 0.2) is 47.2 Å². The molecule has 4 rings (SSSR count). The SMILES string of the molecule is CCOC(=O)COc1c(C(=O)OC)sc(-c2cccc(NC3CCN(c4ncccn4)CC3)c2)c1Br. The van der Waals surface area contributed by atoms with Crippen LogP contribution in [0.2, 0.25) is 0 Å². The van der Waals surface area contributed by atoms with Gasteiger partial charge in [0.1, 0.15) is 0 Å². The molecule has 3 heterocycles. The predicted molar refractivity (Wildman–Crippen MR) is 142 cm³/mol. The topological polar surface area (TPSA) is 103 Å². The van der Waals surface area contributed by atoms with Crippen LogP contribution in [0.4, 0.5) is 11.6 Å². The monoisotopic (exact) mass is 574 g/mol. The minimum Gasteiger partial charge on any atom is -0.479 e. The molecule has 2 aromatic heterocycles. The third-order valence-corrected chi connectivity index (χ3v) is 7.86. The Balaban J connectivity index is 1.48. The maximum absolute atomic E-state index is 12.4. The zero-order valence-electron chi connectivity index (χ0n) is 20.0. The molecule has 1 aliphatic heterocycles. The Kier molecular flexibility index (Phi) is 8.76. The van der Waals surface area contributed by atoms with E-state index in [1.54, 1.807) is 19.3 Å². The van der Waals surface area contributed by atoms with E-state index < -0.39 is 11.9 Å². The molecule has 36 heavy (non-hydrogen) atoms. The highest BCUT2D eigenvalue weighted by molar-refractivity contribution is 9.10. The lowest BCUT2D eigenvalue weighted by molar-refractivity contribution is -0.145. The summed E-state index contributed by atoms with van der Waals surface area (Å²) < 4.78 is 16.1. The number of nitrogens with one attached hydrogen (secondary N) is 1. The van der Waals surface area contributed by atoms with Crippen molar-refractivity contribution < 1.29 is 23.8 Å². The van der Waals surface area contributed by atoms with Crippen molar-refractivity contribution in [3.05, 3.63) is 52.1 Å². The van der Waals surface area contributed by atoms with Crippen LogP contribution in [0.1, 0.15) is 29.4 Å². The lowest BCUT2D eigenvalue weighted by atomic mass is 10.0. The van der Waals surface area contributed by atoms with Crippen molar-refractivity contribution >= 4 is 50.8 Å². The minimum atomic E-state index is -0.533. The first kappa shape index (κ1) is 25.9. The average molecular weight is 575 g/mol. The maximum atomic E-state index is 12.4. The highest BCUT2D eigenvalue weighted by Crippen LogP contribution is 2.46. The van der Waals surface area contributed by atoms with Crippen LogP contribution < -0.4 is 15.0 Å². The van der Waals surface area contributed by atoms with Gasteiger partial charge in [0.25, 0.3) is 0 Å². The first-order valence-electron chi connectivity index (χ1n) is 11.6. The number of esters is 2. The van der Waals surface area contributed by atoms with Gasteiger partial charge in [0.15, 0.2) is 17.2 Å². The summed E-state index contributed by atoms with van der Waals surface area (Å²) in [6.45, 7) is 3.42. The molecule has 1 aliphatic rings. The quantitative estimate of drug-likeness (QED) is 0.361. The fourth-order valence-electron chi connectivity index (χ4n) is 3.94. The second-order valence-electron chi connectivity index (χ2n) is 8.02. The molecule has 1 N–H and O–H groups in total. The van der Waals surface area contributed by atoms with Crippen LogP contribution in [-0.4, -0.2) is 61.4 Å². The van der Waals surface area contributed by atoms with Crippen molar-refractivity contribution in [1.29, 1.82) is 0 Å². The molecule has 1 aromatic carbocycles. The normalized spacial score (nSPS) is 13.8. The molecule has 0 amide bonds. The van der Waals surface area contributed by atoms with Gasteiger partial charge in [-0.15, -0.1) is 11.3 Å². The Morgan fingerprint density at radius 1 is 1.19 bits per heavy atom. The van der Waals surface area contributed by atoms with Crippen molar-refractivity contribution in [1.82, 2.24) is 9.97 Å². The maximum Gasteiger partial charge on any atom is 0.351 e. The van der Waals surface area contributed by atoms with Crippen molar-refractivity contribution in [2.75, 3.05) is 43.6 Å². The number of carbonyl (C=O) groups is 2. The molecular formula is C25H27BrN4O5S.